The summed E-state index contributed by atoms with van der Waals surface area (Å²) in [7, 11) is 0. The molecule has 0 spiro atoms. The fourth-order valence-corrected chi connectivity index (χ4v) is 10.4. The molecule has 6 saturated heterocycles. The number of carbonyl (C=O) groups excluding carboxylic acids is 4. The monoisotopic (exact) mass is 1240 g/mol. The Bertz CT molecular complexity index is 2130. The minimum atomic E-state index is -3.32. The predicted molar refractivity (Wildman–Crippen MR) is 259 cm³/mol. The van der Waals surface area contributed by atoms with Crippen LogP contribution in [0.25, 0.3) is 0 Å². The zero-order valence-corrected chi connectivity index (χ0v) is 45.6. The number of aliphatic carboxylic acids is 1. The molecule has 0 aliphatic carbocycles. The van der Waals surface area contributed by atoms with Crippen molar-refractivity contribution in [1.82, 2.24) is 16.0 Å². The van der Waals surface area contributed by atoms with Gasteiger partial charge in [0.15, 0.2) is 31.5 Å². The Labute approximate surface area is 481 Å². The number of amides is 3. The molecule has 32 atom stereocenters. The summed E-state index contributed by atoms with van der Waals surface area (Å²) in [5, 5.41) is 215. The van der Waals surface area contributed by atoms with Gasteiger partial charge in [0.1, 0.15) is 140 Å². The van der Waals surface area contributed by atoms with Gasteiger partial charge in [0, 0.05) is 20.3 Å². The summed E-state index contributed by atoms with van der Waals surface area (Å²) < 4.78 is 70.4. The number of carbonyl (C=O) groups is 4. The van der Waals surface area contributed by atoms with E-state index in [-0.39, 0.29) is 6.41 Å². The molecule has 0 aromatic rings. The van der Waals surface area contributed by atoms with E-state index >= 15 is 0 Å². The first-order valence-electron chi connectivity index (χ1n) is 26.8. The first-order chi connectivity index (χ1) is 40.1. The Morgan fingerprint density at radius 1 is 0.576 bits per heavy atom. The van der Waals surface area contributed by atoms with E-state index in [1.807, 2.05) is 0 Å². The van der Waals surface area contributed by atoms with E-state index in [1.165, 1.54) is 6.92 Å². The van der Waals surface area contributed by atoms with Crippen LogP contribution in [0.4, 0.5) is 0 Å². The molecule has 492 valence electrons. The van der Waals surface area contributed by atoms with Crippen LogP contribution in [0.2, 0.25) is 0 Å². The van der Waals surface area contributed by atoms with Crippen molar-refractivity contribution in [3.05, 3.63) is 0 Å². The van der Waals surface area contributed by atoms with Crippen molar-refractivity contribution in [3.8, 4) is 0 Å². The summed E-state index contributed by atoms with van der Waals surface area (Å²) in [6.45, 7) is -3.82. The van der Waals surface area contributed by atoms with Crippen LogP contribution in [0, 0.1) is 0 Å². The molecule has 38 heteroatoms. The van der Waals surface area contributed by atoms with Gasteiger partial charge in [-0.05, 0) is 6.92 Å². The highest BCUT2D eigenvalue weighted by Crippen LogP contribution is 2.39. The topological polar surface area (TPSA) is 602 Å². The van der Waals surface area contributed by atoms with Crippen LogP contribution in [-0.4, -0.2) is 358 Å². The highest BCUT2D eigenvalue weighted by molar-refractivity contribution is 5.75. The van der Waals surface area contributed by atoms with Gasteiger partial charge in [-0.25, -0.2) is 0 Å². The summed E-state index contributed by atoms with van der Waals surface area (Å²) in [4.78, 5) is 49.9. The van der Waals surface area contributed by atoms with Crippen molar-refractivity contribution in [1.29, 1.82) is 0 Å². The molecule has 6 heterocycles. The highest BCUT2D eigenvalue weighted by atomic mass is 16.8. The zero-order valence-electron chi connectivity index (χ0n) is 45.6. The van der Waals surface area contributed by atoms with Crippen LogP contribution in [0.15, 0.2) is 0 Å². The summed E-state index contributed by atoms with van der Waals surface area (Å²) in [5.41, 5.74) is 0. The highest BCUT2D eigenvalue weighted by Gasteiger charge is 2.60. The predicted octanol–water partition coefficient (Wildman–Crippen LogP) is -15.8. The van der Waals surface area contributed by atoms with E-state index < -0.39 is 266 Å². The zero-order chi connectivity index (χ0) is 63.1. The summed E-state index contributed by atoms with van der Waals surface area (Å²) in [6.07, 6.45) is -59.2. The van der Waals surface area contributed by atoms with Gasteiger partial charge < -0.3 is 175 Å². The number of hydrogen-bond acceptors (Lipinski definition) is 35. The second-order valence-corrected chi connectivity index (χ2v) is 21.1. The molecular weight excluding hydrogens is 1170 g/mol. The van der Waals surface area contributed by atoms with Crippen molar-refractivity contribution >= 4 is 24.2 Å². The van der Waals surface area contributed by atoms with Gasteiger partial charge in [0.05, 0.1) is 70.5 Å². The van der Waals surface area contributed by atoms with Gasteiger partial charge in [-0.2, -0.15) is 0 Å². The quantitative estimate of drug-likeness (QED) is 0.0358. The number of carboxylic acid groups (broad SMARTS) is 1. The lowest BCUT2D eigenvalue weighted by atomic mass is 9.88. The molecular formula is C47H78N3O35-. The normalized spacial score (nSPS) is 45.4. The summed E-state index contributed by atoms with van der Waals surface area (Å²) >= 11 is 0. The molecule has 0 aromatic carbocycles. The maximum Gasteiger partial charge on any atom is 0.217 e. The first kappa shape index (κ1) is 70.8. The molecule has 38 nitrogen and oxygen atoms in total. The lowest BCUT2D eigenvalue weighted by Crippen LogP contribution is -2.72. The number of hydrogen-bond donors (Lipinski definition) is 21. The molecule has 85 heavy (non-hydrogen) atoms. The smallest absolute Gasteiger partial charge is 0.217 e. The van der Waals surface area contributed by atoms with Gasteiger partial charge in [-0.1, -0.05) is 0 Å². The Balaban J connectivity index is 1.44. The maximum atomic E-state index is 13.4. The molecule has 6 fully saturated rings. The second kappa shape index (κ2) is 30.9. The average Bonchev–Trinajstić information content (AvgIpc) is 2.20. The number of aliphatic hydroxyl groups is 18. The Morgan fingerprint density at radius 3 is 1.65 bits per heavy atom. The number of nitrogens with one attached hydrogen (secondary N) is 3. The van der Waals surface area contributed by atoms with Gasteiger partial charge in [0.2, 0.25) is 24.0 Å². The molecule has 6 aliphatic heterocycles. The lowest BCUT2D eigenvalue weighted by Gasteiger charge is -2.53. The van der Waals surface area contributed by atoms with Gasteiger partial charge in [-0.3, -0.25) is 14.4 Å². The van der Waals surface area contributed by atoms with Crippen LogP contribution in [-0.2, 0) is 76.0 Å². The molecule has 21 N–H and O–H groups in total. The standard InChI is InChI=1S/C47H79N3O35/c1-13-25(61)29(65)32(68)43(76-13)82-37-22(11-75-47(46(72)73)4-17(59)23(49-14(2)57)38(85-47)26(62)18(60)6-52)80-41(24(50-15(3)58)39(37)83-44-33(69)30(66)27(63)19(7-53)77-44)84-40-28(64)20(8-54)78-45(35(40)71)81-36-21(9-55)79-42(34(70)31(36)67)74-10-16(5-51)48-12-56/h12-13,16-45,51-55,59-71H,4-11H2,1-3H3,(H,48,56)(H,49,57)(H,50,58)(H,72,73)/p-1/t13-,16+,17-,18+,19+,20+,21+,22+,23+,24+,25+,26+,27-,28-,29+,30-,31+,32-,33+,34+,35+,36+,37+,38+,39+,40-,41-,42+,43-,44-,45-,47+/m0/s1. The number of carboxylic acids is 1. The van der Waals surface area contributed by atoms with E-state index in [0.29, 0.717) is 0 Å². The average molecular weight is 1250 g/mol. The third kappa shape index (κ3) is 16.0. The van der Waals surface area contributed by atoms with Crippen molar-refractivity contribution in [2.75, 3.05) is 46.2 Å². The number of rotatable bonds is 26. The Hall–Kier alpha value is -3.32. The van der Waals surface area contributed by atoms with E-state index in [2.05, 4.69) is 16.0 Å². The van der Waals surface area contributed by atoms with Crippen LogP contribution in [0.1, 0.15) is 27.2 Å². The minimum absolute atomic E-state index is 0.245. The fraction of sp³-hybridized carbons (Fsp3) is 0.915. The molecule has 0 saturated carbocycles. The molecule has 6 rings (SSSR count). The van der Waals surface area contributed by atoms with Gasteiger partial charge in [-0.15, -0.1) is 0 Å². The van der Waals surface area contributed by atoms with Crippen molar-refractivity contribution in [3.63, 3.8) is 0 Å². The molecule has 3 amide bonds. The fourth-order valence-electron chi connectivity index (χ4n) is 10.4. The van der Waals surface area contributed by atoms with Crippen molar-refractivity contribution in [2.24, 2.45) is 0 Å². The number of ether oxygens (including phenoxy) is 12. The summed E-state index contributed by atoms with van der Waals surface area (Å²) in [6, 6.07) is -4.85. The third-order valence-corrected chi connectivity index (χ3v) is 15.1. The van der Waals surface area contributed by atoms with Crippen LogP contribution in [0.3, 0.4) is 0 Å². The number of aliphatic hydroxyl groups excluding tert-OH is 18. The van der Waals surface area contributed by atoms with Crippen LogP contribution in [0.5, 0.6) is 0 Å². The molecule has 0 radical (unpaired) electrons. The van der Waals surface area contributed by atoms with Crippen LogP contribution < -0.4 is 21.1 Å². The third-order valence-electron chi connectivity index (χ3n) is 15.1. The van der Waals surface area contributed by atoms with Gasteiger partial charge in [0.25, 0.3) is 0 Å². The van der Waals surface area contributed by atoms with Crippen molar-refractivity contribution in [2.45, 2.75) is 223 Å². The van der Waals surface area contributed by atoms with E-state index in [9.17, 15) is 116 Å². The maximum absolute atomic E-state index is 13.4. The van der Waals surface area contributed by atoms with E-state index in [4.69, 9.17) is 56.8 Å². The summed E-state index contributed by atoms with van der Waals surface area (Å²) in [5.74, 6) is -7.56. The lowest BCUT2D eigenvalue weighted by molar-refractivity contribution is -0.403. The Morgan fingerprint density at radius 2 is 1.08 bits per heavy atom. The first-order valence-corrected chi connectivity index (χ1v) is 26.8. The SMILES string of the molecule is CC(=O)N[C@H]1[C@H](O[C@H]2[C@@H](O)[C@@H](CO)O[C@@H](O[C@H]3[C@H](O)[C@@H](O)[C@H](OC[C@@H](CO)NC=O)O[C@@H]3CO)[C@@H]2O)O[C@H](CO[C@]2(C(=O)[O-])C[C@H](O)[C@@H](NC(C)=O)[C@H]([C@H](O)[C@H](O)CO)O2)[C@@H](O[C@@H]2O[C@@H](C)[C@@H](O)[C@@H](O)[C@@H]2O)[C@@H]1O[C@@H]1O[C@H](CO)[C@H](O)[C@H](O)[C@H]1O. The van der Waals surface area contributed by atoms with Crippen molar-refractivity contribution < 1.29 is 173 Å². The largest absolute Gasteiger partial charge is 0.544 e. The molecule has 0 bridgehead atoms. The van der Waals surface area contributed by atoms with E-state index in [1.54, 1.807) is 0 Å². The molecule has 6 aliphatic rings. The van der Waals surface area contributed by atoms with Crippen LogP contribution >= 0.6 is 0 Å². The second-order valence-electron chi connectivity index (χ2n) is 21.1. The van der Waals surface area contributed by atoms with Gasteiger partial charge >= 0.3 is 0 Å². The molecule has 0 unspecified atom stereocenters. The van der Waals surface area contributed by atoms with E-state index in [0.717, 1.165) is 13.8 Å². The minimum Gasteiger partial charge on any atom is -0.544 e. The Kier molecular flexibility index (Phi) is 25.8. The molecule has 0 aromatic heterocycles.